The number of aliphatic carboxylic acids is 1. The number of rotatable bonds is 2. The zero-order chi connectivity index (χ0) is 11.8. The van der Waals surface area contributed by atoms with Gasteiger partial charge in [0.05, 0.1) is 0 Å². The molecule has 0 aliphatic heterocycles. The SMILES string of the molecule is O=C(O)CO.c1ccc(C2CCCC2)cc1. The van der Waals surface area contributed by atoms with Gasteiger partial charge in [0.2, 0.25) is 0 Å². The first-order chi connectivity index (χ1) is 7.74. The second-order valence-corrected chi connectivity index (χ2v) is 3.94. The molecule has 3 nitrogen and oxygen atoms in total. The Morgan fingerprint density at radius 1 is 1.19 bits per heavy atom. The summed E-state index contributed by atoms with van der Waals surface area (Å²) < 4.78 is 0. The van der Waals surface area contributed by atoms with Crippen molar-refractivity contribution in [3.05, 3.63) is 35.9 Å². The van der Waals surface area contributed by atoms with E-state index in [1.807, 2.05) is 0 Å². The van der Waals surface area contributed by atoms with E-state index < -0.39 is 12.6 Å². The van der Waals surface area contributed by atoms with Crippen LogP contribution in [0.15, 0.2) is 30.3 Å². The van der Waals surface area contributed by atoms with Gasteiger partial charge in [-0.15, -0.1) is 0 Å². The fourth-order valence-corrected chi connectivity index (χ4v) is 1.98. The Kier molecular flexibility index (Phi) is 5.57. The molecule has 0 aromatic heterocycles. The monoisotopic (exact) mass is 222 g/mol. The van der Waals surface area contributed by atoms with Crippen molar-refractivity contribution in [1.29, 1.82) is 0 Å². The van der Waals surface area contributed by atoms with Crippen LogP contribution in [0.2, 0.25) is 0 Å². The molecule has 0 radical (unpaired) electrons. The summed E-state index contributed by atoms with van der Waals surface area (Å²) in [4.78, 5) is 9.12. The summed E-state index contributed by atoms with van der Waals surface area (Å²) in [5.41, 5.74) is 1.55. The van der Waals surface area contributed by atoms with Crippen LogP contribution in [-0.4, -0.2) is 22.8 Å². The smallest absolute Gasteiger partial charge is 0.329 e. The van der Waals surface area contributed by atoms with Crippen molar-refractivity contribution in [2.45, 2.75) is 31.6 Å². The van der Waals surface area contributed by atoms with Gasteiger partial charge < -0.3 is 10.2 Å². The molecule has 0 spiro atoms. The Morgan fingerprint density at radius 2 is 1.69 bits per heavy atom. The van der Waals surface area contributed by atoms with E-state index in [4.69, 9.17) is 15.0 Å². The summed E-state index contributed by atoms with van der Waals surface area (Å²) >= 11 is 0. The molecule has 1 aromatic rings. The second-order valence-electron chi connectivity index (χ2n) is 3.94. The lowest BCUT2D eigenvalue weighted by atomic mass is 9.98. The van der Waals surface area contributed by atoms with Gasteiger partial charge in [0.25, 0.3) is 0 Å². The second kappa shape index (κ2) is 7.01. The van der Waals surface area contributed by atoms with Crippen LogP contribution in [0.25, 0.3) is 0 Å². The van der Waals surface area contributed by atoms with E-state index >= 15 is 0 Å². The van der Waals surface area contributed by atoms with Crippen LogP contribution in [-0.2, 0) is 4.79 Å². The third-order valence-corrected chi connectivity index (χ3v) is 2.76. The minimum Gasteiger partial charge on any atom is -0.480 e. The third-order valence-electron chi connectivity index (χ3n) is 2.76. The van der Waals surface area contributed by atoms with Crippen LogP contribution in [0.1, 0.15) is 37.2 Å². The topological polar surface area (TPSA) is 57.5 Å². The van der Waals surface area contributed by atoms with Crippen LogP contribution in [0.3, 0.4) is 0 Å². The predicted octanol–water partition coefficient (Wildman–Crippen LogP) is 2.41. The van der Waals surface area contributed by atoms with E-state index in [1.54, 1.807) is 5.56 Å². The quantitative estimate of drug-likeness (QED) is 0.807. The number of aliphatic hydroxyl groups excluding tert-OH is 1. The molecule has 3 heteroatoms. The largest absolute Gasteiger partial charge is 0.480 e. The highest BCUT2D eigenvalue weighted by atomic mass is 16.4. The Bertz CT molecular complexity index is 302. The fraction of sp³-hybridized carbons (Fsp3) is 0.462. The third kappa shape index (κ3) is 4.45. The predicted molar refractivity (Wildman–Crippen MR) is 62.4 cm³/mol. The molecule has 0 heterocycles. The molecule has 1 aromatic carbocycles. The molecule has 16 heavy (non-hydrogen) atoms. The van der Waals surface area contributed by atoms with E-state index in [-0.39, 0.29) is 0 Å². The first-order valence-electron chi connectivity index (χ1n) is 5.61. The summed E-state index contributed by atoms with van der Waals surface area (Å²) in [5.74, 6) is -0.318. The summed E-state index contributed by atoms with van der Waals surface area (Å²) in [5, 5.41) is 15.0. The zero-order valence-electron chi connectivity index (χ0n) is 9.30. The fourth-order valence-electron chi connectivity index (χ4n) is 1.98. The Balaban J connectivity index is 0.000000221. The molecular weight excluding hydrogens is 204 g/mol. The number of carboxylic acid groups (broad SMARTS) is 1. The molecule has 0 saturated heterocycles. The van der Waals surface area contributed by atoms with E-state index in [9.17, 15) is 0 Å². The molecular formula is C13H18O3. The Morgan fingerprint density at radius 3 is 2.12 bits per heavy atom. The summed E-state index contributed by atoms with van der Waals surface area (Å²) in [7, 11) is 0. The maximum atomic E-state index is 9.12. The normalized spacial score (nSPS) is 15.3. The lowest BCUT2D eigenvalue weighted by Gasteiger charge is -2.07. The number of hydrogen-bond acceptors (Lipinski definition) is 2. The molecule has 0 bridgehead atoms. The maximum absolute atomic E-state index is 9.12. The molecule has 1 aliphatic carbocycles. The summed E-state index contributed by atoms with van der Waals surface area (Å²) in [6, 6.07) is 10.9. The van der Waals surface area contributed by atoms with Crippen LogP contribution in [0, 0.1) is 0 Å². The van der Waals surface area contributed by atoms with E-state index in [0.29, 0.717) is 0 Å². The number of benzene rings is 1. The first kappa shape index (κ1) is 12.7. The molecule has 0 unspecified atom stereocenters. The van der Waals surface area contributed by atoms with Gasteiger partial charge in [-0.3, -0.25) is 0 Å². The van der Waals surface area contributed by atoms with Crippen molar-refractivity contribution in [2.24, 2.45) is 0 Å². The average Bonchev–Trinajstić information content (AvgIpc) is 2.84. The van der Waals surface area contributed by atoms with Gasteiger partial charge in [0.1, 0.15) is 6.61 Å². The van der Waals surface area contributed by atoms with Crippen molar-refractivity contribution in [3.8, 4) is 0 Å². The minimum absolute atomic E-state index is 0.778. The van der Waals surface area contributed by atoms with Gasteiger partial charge in [0, 0.05) is 0 Å². The number of carbonyl (C=O) groups is 1. The van der Waals surface area contributed by atoms with Crippen molar-refractivity contribution < 1.29 is 15.0 Å². The molecule has 1 saturated carbocycles. The van der Waals surface area contributed by atoms with E-state index in [1.165, 1.54) is 25.7 Å². The van der Waals surface area contributed by atoms with Crippen molar-refractivity contribution in [3.63, 3.8) is 0 Å². The molecule has 0 amide bonds. The zero-order valence-corrected chi connectivity index (χ0v) is 9.30. The van der Waals surface area contributed by atoms with Crippen LogP contribution >= 0.6 is 0 Å². The first-order valence-corrected chi connectivity index (χ1v) is 5.61. The maximum Gasteiger partial charge on any atom is 0.329 e. The average molecular weight is 222 g/mol. The highest BCUT2D eigenvalue weighted by Gasteiger charge is 2.15. The minimum atomic E-state index is -1.19. The van der Waals surface area contributed by atoms with Crippen LogP contribution < -0.4 is 0 Å². The Hall–Kier alpha value is -1.35. The molecule has 1 fully saturated rings. The van der Waals surface area contributed by atoms with Crippen molar-refractivity contribution in [1.82, 2.24) is 0 Å². The van der Waals surface area contributed by atoms with Crippen LogP contribution in [0.5, 0.6) is 0 Å². The van der Waals surface area contributed by atoms with Crippen molar-refractivity contribution in [2.75, 3.05) is 6.61 Å². The Labute approximate surface area is 95.7 Å². The molecule has 2 rings (SSSR count). The summed E-state index contributed by atoms with van der Waals surface area (Å²) in [6.45, 7) is -0.778. The van der Waals surface area contributed by atoms with Gasteiger partial charge in [-0.1, -0.05) is 43.2 Å². The standard InChI is InChI=1S/C11H14.C2H4O3/c1-2-6-10(7-3-1)11-8-4-5-9-11;3-1-2(4)5/h1-3,6-7,11H,4-5,8-9H2;3H,1H2,(H,4,5). The highest BCUT2D eigenvalue weighted by molar-refractivity contribution is 5.67. The van der Waals surface area contributed by atoms with E-state index in [0.717, 1.165) is 5.92 Å². The lowest BCUT2D eigenvalue weighted by Crippen LogP contribution is -1.98. The number of carboxylic acids is 1. The molecule has 2 N–H and O–H groups in total. The number of aliphatic hydroxyl groups is 1. The number of hydrogen-bond donors (Lipinski definition) is 2. The van der Waals surface area contributed by atoms with Gasteiger partial charge in [-0.05, 0) is 24.3 Å². The molecule has 1 aliphatic rings. The van der Waals surface area contributed by atoms with Gasteiger partial charge in [-0.2, -0.15) is 0 Å². The highest BCUT2D eigenvalue weighted by Crippen LogP contribution is 2.33. The van der Waals surface area contributed by atoms with E-state index in [2.05, 4.69) is 30.3 Å². The summed E-state index contributed by atoms with van der Waals surface area (Å²) in [6.07, 6.45) is 5.67. The van der Waals surface area contributed by atoms with Gasteiger partial charge in [-0.25, -0.2) is 4.79 Å². The van der Waals surface area contributed by atoms with Crippen molar-refractivity contribution >= 4 is 5.97 Å². The van der Waals surface area contributed by atoms with Gasteiger partial charge in [0.15, 0.2) is 0 Å². The van der Waals surface area contributed by atoms with Gasteiger partial charge >= 0.3 is 5.97 Å². The lowest BCUT2D eigenvalue weighted by molar-refractivity contribution is -0.140. The molecule has 88 valence electrons. The molecule has 0 atom stereocenters. The van der Waals surface area contributed by atoms with Crippen LogP contribution in [0.4, 0.5) is 0 Å².